The molecule has 7 heteroatoms. The van der Waals surface area contributed by atoms with Gasteiger partial charge in [0, 0.05) is 30.6 Å². The van der Waals surface area contributed by atoms with E-state index in [0.29, 0.717) is 24.8 Å². The maximum atomic E-state index is 11.9. The Balaban J connectivity index is 1.53. The zero-order valence-electron chi connectivity index (χ0n) is 15.0. The number of nitrogens with one attached hydrogen (secondary N) is 3. The van der Waals surface area contributed by atoms with Gasteiger partial charge >= 0.3 is 6.03 Å². The second kappa shape index (κ2) is 8.94. The molecule has 2 aliphatic heterocycles. The van der Waals surface area contributed by atoms with Gasteiger partial charge in [-0.2, -0.15) is 11.8 Å². The maximum absolute atomic E-state index is 11.9. The highest BCUT2D eigenvalue weighted by Gasteiger charge is 2.42. The van der Waals surface area contributed by atoms with E-state index >= 15 is 0 Å². The monoisotopic (exact) mass is 357 g/mol. The van der Waals surface area contributed by atoms with Gasteiger partial charge in [0.2, 0.25) is 5.91 Å². The van der Waals surface area contributed by atoms with Crippen LogP contribution in [0.5, 0.6) is 0 Å². The van der Waals surface area contributed by atoms with Gasteiger partial charge < -0.3 is 20.7 Å². The molecular weight excluding hydrogens is 326 g/mol. The summed E-state index contributed by atoms with van der Waals surface area (Å²) in [6.45, 7) is 7.43. The van der Waals surface area contributed by atoms with Crippen molar-refractivity contribution in [3.05, 3.63) is 0 Å². The number of unbranched alkanes of at least 4 members (excludes halogenated alkanes) is 1. The van der Waals surface area contributed by atoms with Crippen LogP contribution in [0.25, 0.3) is 0 Å². The van der Waals surface area contributed by atoms with Gasteiger partial charge in [0.1, 0.15) is 0 Å². The quantitative estimate of drug-likeness (QED) is 0.413. The molecule has 2 fully saturated rings. The van der Waals surface area contributed by atoms with Crippen molar-refractivity contribution in [2.24, 2.45) is 0 Å². The van der Waals surface area contributed by atoms with Crippen LogP contribution in [0, 0.1) is 0 Å². The molecule has 6 nitrogen and oxygen atoms in total. The first-order valence-electron chi connectivity index (χ1n) is 9.00. The number of amides is 3. The van der Waals surface area contributed by atoms with Crippen molar-refractivity contribution in [3.63, 3.8) is 0 Å². The van der Waals surface area contributed by atoms with Crippen LogP contribution in [0.2, 0.25) is 0 Å². The lowest BCUT2D eigenvalue weighted by molar-refractivity contribution is -0.121. The summed E-state index contributed by atoms with van der Waals surface area (Å²) in [6, 6.07) is 0.506. The Morgan fingerprint density at radius 3 is 2.92 bits per heavy atom. The fraction of sp³-hybridized carbons (Fsp3) is 0.882. The molecule has 0 aromatic heterocycles. The van der Waals surface area contributed by atoms with Gasteiger partial charge in [0.25, 0.3) is 0 Å². The Labute approximate surface area is 149 Å². The summed E-state index contributed by atoms with van der Waals surface area (Å²) in [6.07, 6.45) is 4.37. The Morgan fingerprint density at radius 2 is 2.17 bits per heavy atom. The Kier molecular flexibility index (Phi) is 7.22. The average Bonchev–Trinajstić information content (AvgIpc) is 3.03. The van der Waals surface area contributed by atoms with Gasteiger partial charge in [-0.15, -0.1) is 0 Å². The molecule has 3 amide bonds. The third kappa shape index (κ3) is 5.84. The van der Waals surface area contributed by atoms with Crippen LogP contribution in [-0.2, 0) is 9.53 Å². The number of hydrogen-bond acceptors (Lipinski definition) is 4. The van der Waals surface area contributed by atoms with Crippen LogP contribution in [0.4, 0.5) is 4.79 Å². The maximum Gasteiger partial charge on any atom is 0.315 e. The fourth-order valence-electron chi connectivity index (χ4n) is 3.33. The predicted molar refractivity (Wildman–Crippen MR) is 97.3 cm³/mol. The molecule has 2 aliphatic rings. The van der Waals surface area contributed by atoms with Crippen molar-refractivity contribution in [1.82, 2.24) is 16.0 Å². The van der Waals surface area contributed by atoms with Gasteiger partial charge in [0.05, 0.1) is 17.7 Å². The summed E-state index contributed by atoms with van der Waals surface area (Å²) in [5.41, 5.74) is -0.183. The van der Waals surface area contributed by atoms with Crippen LogP contribution < -0.4 is 16.0 Å². The van der Waals surface area contributed by atoms with Gasteiger partial charge in [-0.3, -0.25) is 4.79 Å². The smallest absolute Gasteiger partial charge is 0.315 e. The number of carbonyl (C=O) groups is 2. The van der Waals surface area contributed by atoms with E-state index < -0.39 is 0 Å². The zero-order chi connectivity index (χ0) is 17.6. The van der Waals surface area contributed by atoms with E-state index in [4.69, 9.17) is 4.74 Å². The minimum absolute atomic E-state index is 0.0374. The first kappa shape index (κ1) is 19.4. The van der Waals surface area contributed by atoms with Crippen molar-refractivity contribution in [2.45, 2.75) is 75.8 Å². The standard InChI is InChI=1S/C17H31N3O3S/c1-4-23-17(2,3)9-10-18-14(21)8-6-5-7-13-15-12(11-24-13)19-16(22)20-15/h12-13,15H,4-11H2,1-3H3,(H,18,21)(H2,19,20,22)/t12-,13?,15-/m0/s1. The molecule has 0 aliphatic carbocycles. The number of rotatable bonds is 10. The molecule has 0 radical (unpaired) electrons. The first-order valence-corrected chi connectivity index (χ1v) is 10.1. The number of carbonyl (C=O) groups excluding carboxylic acids is 2. The van der Waals surface area contributed by atoms with Crippen LogP contribution in [0.15, 0.2) is 0 Å². The number of hydrogen-bond donors (Lipinski definition) is 3. The molecule has 2 rings (SSSR count). The lowest BCUT2D eigenvalue weighted by Crippen LogP contribution is -2.36. The third-order valence-corrected chi connectivity index (χ3v) is 6.17. The van der Waals surface area contributed by atoms with E-state index in [1.807, 2.05) is 32.5 Å². The van der Waals surface area contributed by atoms with E-state index in [1.54, 1.807) is 0 Å². The van der Waals surface area contributed by atoms with Crippen LogP contribution in [-0.4, -0.2) is 53.8 Å². The van der Waals surface area contributed by atoms with E-state index in [2.05, 4.69) is 16.0 Å². The molecule has 0 bridgehead atoms. The summed E-state index contributed by atoms with van der Waals surface area (Å²) in [5.74, 6) is 1.11. The molecule has 24 heavy (non-hydrogen) atoms. The van der Waals surface area contributed by atoms with Gasteiger partial charge in [-0.25, -0.2) is 4.79 Å². The molecule has 3 atom stereocenters. The van der Waals surface area contributed by atoms with Crippen molar-refractivity contribution in [3.8, 4) is 0 Å². The predicted octanol–water partition coefficient (Wildman–Crippen LogP) is 2.03. The number of fused-ring (bicyclic) bond motifs is 1. The second-order valence-electron chi connectivity index (χ2n) is 7.16. The zero-order valence-corrected chi connectivity index (χ0v) is 15.8. The molecular formula is C17H31N3O3S. The van der Waals surface area contributed by atoms with E-state index in [-0.39, 0.29) is 29.6 Å². The Bertz CT molecular complexity index is 445. The van der Waals surface area contributed by atoms with Gasteiger partial charge in [-0.1, -0.05) is 6.42 Å². The Morgan fingerprint density at radius 1 is 1.38 bits per heavy atom. The fourth-order valence-corrected chi connectivity index (χ4v) is 4.87. The average molecular weight is 358 g/mol. The van der Waals surface area contributed by atoms with Crippen LogP contribution in [0.1, 0.15) is 52.9 Å². The summed E-state index contributed by atoms with van der Waals surface area (Å²) in [4.78, 5) is 23.2. The lowest BCUT2D eigenvalue weighted by Gasteiger charge is -2.24. The molecule has 138 valence electrons. The van der Waals surface area contributed by atoms with Gasteiger partial charge in [-0.05, 0) is 40.0 Å². The molecule has 0 aromatic carbocycles. The lowest BCUT2D eigenvalue weighted by atomic mass is 10.0. The normalized spacial score (nSPS) is 26.0. The SMILES string of the molecule is CCOC(C)(C)CCNC(=O)CCCCC1SC[C@@H]2NC(=O)N[C@H]12. The largest absolute Gasteiger partial charge is 0.376 e. The number of thioether (sulfide) groups is 1. The Hall–Kier alpha value is -0.950. The summed E-state index contributed by atoms with van der Waals surface area (Å²) < 4.78 is 5.62. The summed E-state index contributed by atoms with van der Waals surface area (Å²) >= 11 is 1.92. The highest BCUT2D eigenvalue weighted by atomic mass is 32.2. The molecule has 3 N–H and O–H groups in total. The topological polar surface area (TPSA) is 79.5 Å². The third-order valence-electron chi connectivity index (χ3n) is 4.66. The van der Waals surface area contributed by atoms with Crippen LogP contribution >= 0.6 is 11.8 Å². The van der Waals surface area contributed by atoms with Gasteiger partial charge in [0.15, 0.2) is 0 Å². The number of ether oxygens (including phenoxy) is 1. The highest BCUT2D eigenvalue weighted by Crippen LogP contribution is 2.33. The van der Waals surface area contributed by atoms with E-state index in [1.165, 1.54) is 0 Å². The van der Waals surface area contributed by atoms with Crippen LogP contribution in [0.3, 0.4) is 0 Å². The molecule has 2 saturated heterocycles. The van der Waals surface area contributed by atoms with Crippen molar-refractivity contribution in [2.75, 3.05) is 18.9 Å². The minimum Gasteiger partial charge on any atom is -0.376 e. The van der Waals surface area contributed by atoms with Crippen molar-refractivity contribution < 1.29 is 14.3 Å². The first-order chi connectivity index (χ1) is 11.4. The highest BCUT2D eigenvalue weighted by molar-refractivity contribution is 8.00. The minimum atomic E-state index is -0.183. The van der Waals surface area contributed by atoms with E-state index in [0.717, 1.165) is 31.4 Å². The van der Waals surface area contributed by atoms with Crippen molar-refractivity contribution >= 4 is 23.7 Å². The number of urea groups is 1. The second-order valence-corrected chi connectivity index (χ2v) is 8.43. The molecule has 0 spiro atoms. The van der Waals surface area contributed by atoms with Crippen molar-refractivity contribution in [1.29, 1.82) is 0 Å². The molecule has 1 unspecified atom stereocenters. The van der Waals surface area contributed by atoms with E-state index in [9.17, 15) is 9.59 Å². The summed E-state index contributed by atoms with van der Waals surface area (Å²) in [5, 5.41) is 9.41. The molecule has 2 heterocycles. The molecule has 0 aromatic rings. The molecule has 0 saturated carbocycles. The summed E-state index contributed by atoms with van der Waals surface area (Å²) in [7, 11) is 0.